The van der Waals surface area contributed by atoms with Crippen LogP contribution in [0.3, 0.4) is 0 Å². The molecule has 0 amide bonds. The van der Waals surface area contributed by atoms with Crippen LogP contribution >= 0.6 is 0 Å². The second-order valence-corrected chi connectivity index (χ2v) is 7.41. The van der Waals surface area contributed by atoms with Crippen molar-refractivity contribution in [3.05, 3.63) is 0 Å². The lowest BCUT2D eigenvalue weighted by Crippen LogP contribution is -2.74. The van der Waals surface area contributed by atoms with Crippen molar-refractivity contribution in [3.8, 4) is 0 Å². The van der Waals surface area contributed by atoms with E-state index in [1.807, 2.05) is 0 Å². The normalized spacial score (nSPS) is 16.6. The molecule has 0 atom stereocenters. The van der Waals surface area contributed by atoms with Gasteiger partial charge in [0.05, 0.1) is 34.1 Å². The third kappa shape index (κ3) is 4.36. The number of halogens is 17. The number of hydrogen-bond acceptors (Lipinski definition) is 0. The summed E-state index contributed by atoms with van der Waals surface area (Å²) in [5, 5.41) is 0. The Bertz CT molecular complexity index is 639. The second-order valence-electron chi connectivity index (χ2n) is 7.41. The average Bonchev–Trinajstić information content (AvgIpc) is 2.50. The zero-order valence-electron chi connectivity index (χ0n) is 15.3. The summed E-state index contributed by atoms with van der Waals surface area (Å²) in [6.45, 7) is -1.21. The minimum Gasteiger partial charge on any atom is -0.331 e. The van der Waals surface area contributed by atoms with Crippen molar-refractivity contribution in [3.63, 3.8) is 0 Å². The highest BCUT2D eigenvalue weighted by atomic mass is 19.4. The molecule has 0 aliphatic carbocycles. The predicted molar refractivity (Wildman–Crippen MR) is 68.2 cm³/mol. The van der Waals surface area contributed by atoms with Crippen LogP contribution in [0.1, 0.15) is 6.42 Å². The molecule has 0 aromatic heterocycles. The molecular formula is C13H13F17N+. The van der Waals surface area contributed by atoms with Gasteiger partial charge in [0.1, 0.15) is 0 Å². The predicted octanol–water partition coefficient (Wildman–Crippen LogP) is 6.09. The van der Waals surface area contributed by atoms with E-state index in [2.05, 4.69) is 0 Å². The molecule has 0 fully saturated rings. The molecular weight excluding hydrogens is 493 g/mol. The molecule has 0 heterocycles. The van der Waals surface area contributed by atoms with Gasteiger partial charge in [-0.2, -0.15) is 74.6 Å². The van der Waals surface area contributed by atoms with Gasteiger partial charge in [0.15, 0.2) is 0 Å². The van der Waals surface area contributed by atoms with Gasteiger partial charge in [-0.05, 0) is 0 Å². The third-order valence-corrected chi connectivity index (χ3v) is 3.88. The maximum Gasteiger partial charge on any atom is 0.460 e. The zero-order valence-corrected chi connectivity index (χ0v) is 15.3. The highest BCUT2D eigenvalue weighted by Gasteiger charge is 2.95. The van der Waals surface area contributed by atoms with Gasteiger partial charge in [0.25, 0.3) is 0 Å². The summed E-state index contributed by atoms with van der Waals surface area (Å²) in [7, 11) is 2.98. The molecule has 0 rings (SSSR count). The van der Waals surface area contributed by atoms with Crippen LogP contribution in [0.25, 0.3) is 0 Å². The Hall–Kier alpha value is -1.23. The Morgan fingerprint density at radius 3 is 0.935 bits per heavy atom. The molecule has 0 saturated heterocycles. The van der Waals surface area contributed by atoms with E-state index in [0.29, 0.717) is 0 Å². The number of rotatable bonds is 9. The molecule has 0 spiro atoms. The molecule has 188 valence electrons. The molecule has 0 aliphatic heterocycles. The van der Waals surface area contributed by atoms with Crippen molar-refractivity contribution in [1.82, 2.24) is 0 Å². The fourth-order valence-electron chi connectivity index (χ4n) is 1.83. The van der Waals surface area contributed by atoms with Crippen molar-refractivity contribution >= 4 is 0 Å². The smallest absolute Gasteiger partial charge is 0.331 e. The Morgan fingerprint density at radius 1 is 0.419 bits per heavy atom. The summed E-state index contributed by atoms with van der Waals surface area (Å²) < 4.78 is 221. The Morgan fingerprint density at radius 2 is 0.677 bits per heavy atom. The van der Waals surface area contributed by atoms with Gasteiger partial charge in [-0.15, -0.1) is 0 Å². The molecule has 0 aliphatic rings. The number of hydrogen-bond donors (Lipinski definition) is 0. The largest absolute Gasteiger partial charge is 0.460 e. The Kier molecular flexibility index (Phi) is 7.10. The summed E-state index contributed by atoms with van der Waals surface area (Å²) in [6, 6.07) is 0. The summed E-state index contributed by atoms with van der Waals surface area (Å²) in [6.07, 6.45) is -10.2. The summed E-state index contributed by atoms with van der Waals surface area (Å²) >= 11 is 0. The van der Waals surface area contributed by atoms with Crippen LogP contribution in [0.5, 0.6) is 0 Å². The molecule has 18 heteroatoms. The molecule has 0 bridgehead atoms. The standard InChI is InChI=1S/C13H13F17N/c1-31(2,3)5-4-6(14,15)7(16,17)8(18,19)9(20,21)10(22,23)11(24,25)12(26,27)13(28,29)30/h4-5H2,1-3H3/q+1. The van der Waals surface area contributed by atoms with E-state index >= 15 is 0 Å². The van der Waals surface area contributed by atoms with Gasteiger partial charge in [-0.3, -0.25) is 0 Å². The van der Waals surface area contributed by atoms with E-state index in [1.165, 1.54) is 0 Å². The zero-order chi connectivity index (χ0) is 25.9. The molecule has 0 radical (unpaired) electrons. The van der Waals surface area contributed by atoms with E-state index in [1.54, 1.807) is 0 Å². The van der Waals surface area contributed by atoms with Gasteiger partial charge in [-0.1, -0.05) is 0 Å². The van der Waals surface area contributed by atoms with Crippen LogP contribution in [-0.4, -0.2) is 79.8 Å². The fourth-order valence-corrected chi connectivity index (χ4v) is 1.83. The second kappa shape index (κ2) is 7.40. The summed E-state index contributed by atoms with van der Waals surface area (Å²) in [5.74, 6) is -55.8. The fraction of sp³-hybridized carbons (Fsp3) is 1.00. The third-order valence-electron chi connectivity index (χ3n) is 3.88. The van der Waals surface area contributed by atoms with E-state index in [-0.39, 0.29) is 0 Å². The first-order valence-electron chi connectivity index (χ1n) is 7.47. The van der Waals surface area contributed by atoms with Crippen molar-refractivity contribution < 1.29 is 79.1 Å². The van der Waals surface area contributed by atoms with E-state index in [4.69, 9.17) is 0 Å². The quantitative estimate of drug-likeness (QED) is 0.262. The Balaban J connectivity index is 6.56. The maximum atomic E-state index is 13.5. The molecule has 31 heavy (non-hydrogen) atoms. The number of nitrogens with zero attached hydrogens (tertiary/aromatic N) is 1. The van der Waals surface area contributed by atoms with Crippen LogP contribution in [0.15, 0.2) is 0 Å². The summed E-state index contributed by atoms with van der Waals surface area (Å²) in [5.41, 5.74) is 0. The molecule has 0 saturated carbocycles. The van der Waals surface area contributed by atoms with Gasteiger partial charge in [0, 0.05) is 0 Å². The Labute approximate surface area is 162 Å². The van der Waals surface area contributed by atoms with Crippen molar-refractivity contribution in [2.24, 2.45) is 0 Å². The first-order chi connectivity index (χ1) is 13.0. The molecule has 0 aromatic carbocycles. The first-order valence-corrected chi connectivity index (χ1v) is 7.47. The minimum atomic E-state index is -8.58. The van der Waals surface area contributed by atoms with E-state index < -0.39 is 65.1 Å². The highest BCUT2D eigenvalue weighted by molar-refractivity contribution is 5.15. The van der Waals surface area contributed by atoms with Crippen LogP contribution < -0.4 is 0 Å². The first kappa shape index (κ1) is 29.8. The highest BCUT2D eigenvalue weighted by Crippen LogP contribution is 2.64. The van der Waals surface area contributed by atoms with Crippen LogP contribution in [0.2, 0.25) is 0 Å². The van der Waals surface area contributed by atoms with Crippen LogP contribution in [0, 0.1) is 0 Å². The summed E-state index contributed by atoms with van der Waals surface area (Å²) in [4.78, 5) is 0. The molecule has 0 aromatic rings. The van der Waals surface area contributed by atoms with Crippen molar-refractivity contribution in [2.75, 3.05) is 27.7 Å². The van der Waals surface area contributed by atoms with Gasteiger partial charge >= 0.3 is 47.6 Å². The average molecular weight is 506 g/mol. The molecule has 1 nitrogen and oxygen atoms in total. The van der Waals surface area contributed by atoms with Gasteiger partial charge < -0.3 is 4.48 Å². The van der Waals surface area contributed by atoms with Gasteiger partial charge in [0.2, 0.25) is 0 Å². The van der Waals surface area contributed by atoms with E-state index in [9.17, 15) is 74.6 Å². The monoisotopic (exact) mass is 506 g/mol. The van der Waals surface area contributed by atoms with Crippen LogP contribution in [0.4, 0.5) is 74.6 Å². The lowest BCUT2D eigenvalue weighted by Gasteiger charge is -2.43. The SMILES string of the molecule is C[N+](C)(C)CCC(F)(F)C(F)(F)C(F)(F)C(F)(F)C(F)(F)C(F)(F)C(F)(F)C(F)(F)F. The lowest BCUT2D eigenvalue weighted by molar-refractivity contribution is -0.871. The number of alkyl halides is 17. The molecule has 0 N–H and O–H groups in total. The molecule has 0 unspecified atom stereocenters. The lowest BCUT2D eigenvalue weighted by atomic mass is 9.88. The van der Waals surface area contributed by atoms with Crippen LogP contribution in [-0.2, 0) is 0 Å². The van der Waals surface area contributed by atoms with Crippen molar-refractivity contribution in [1.29, 1.82) is 0 Å². The minimum absolute atomic E-state index is 0.709. The maximum absolute atomic E-state index is 13.5. The topological polar surface area (TPSA) is 0 Å². The van der Waals surface area contributed by atoms with Crippen molar-refractivity contribution in [2.45, 2.75) is 54.1 Å². The number of quaternary nitrogens is 1. The van der Waals surface area contributed by atoms with E-state index in [0.717, 1.165) is 21.1 Å². The van der Waals surface area contributed by atoms with Gasteiger partial charge in [-0.25, -0.2) is 0 Å².